The number of hydrogen-bond acceptors (Lipinski definition) is 4. The third kappa shape index (κ3) is 6.19. The highest BCUT2D eigenvalue weighted by Crippen LogP contribution is 2.13. The molecular weight excluding hydrogens is 350 g/mol. The van der Waals surface area contributed by atoms with Gasteiger partial charge in [-0.2, -0.15) is 0 Å². The van der Waals surface area contributed by atoms with Crippen molar-refractivity contribution in [2.24, 2.45) is 0 Å². The molecule has 0 radical (unpaired) electrons. The second-order valence-electron chi connectivity index (χ2n) is 6.18. The summed E-state index contributed by atoms with van der Waals surface area (Å²) in [7, 11) is -1.80. The van der Waals surface area contributed by atoms with E-state index in [0.29, 0.717) is 6.54 Å². The van der Waals surface area contributed by atoms with E-state index in [-0.39, 0.29) is 23.0 Å². The standard InChI is InChI=1S/C20H25NO4S/c1-16-5-11-19(12-6-16)26(23,24)15-13-20(22)21-14-3-4-17-7-9-18(25-2)10-8-17/h5-12H,3-4,13-15H2,1-2H3,(H,21,22). The van der Waals surface area contributed by atoms with E-state index in [0.717, 1.165) is 24.2 Å². The molecule has 0 fully saturated rings. The Morgan fingerprint density at radius 3 is 2.31 bits per heavy atom. The zero-order valence-corrected chi connectivity index (χ0v) is 16.0. The van der Waals surface area contributed by atoms with Crippen LogP contribution in [0.3, 0.4) is 0 Å². The second kappa shape index (κ2) is 9.38. The van der Waals surface area contributed by atoms with E-state index in [4.69, 9.17) is 4.74 Å². The smallest absolute Gasteiger partial charge is 0.221 e. The van der Waals surface area contributed by atoms with Crippen molar-refractivity contribution in [1.82, 2.24) is 5.32 Å². The van der Waals surface area contributed by atoms with Crippen LogP contribution in [0.2, 0.25) is 0 Å². The summed E-state index contributed by atoms with van der Waals surface area (Å²) in [5, 5.41) is 2.78. The van der Waals surface area contributed by atoms with Crippen molar-refractivity contribution in [3.05, 3.63) is 59.7 Å². The molecular formula is C20H25NO4S. The molecule has 0 spiro atoms. The lowest BCUT2D eigenvalue weighted by Crippen LogP contribution is -2.26. The first-order valence-corrected chi connectivity index (χ1v) is 10.2. The summed E-state index contributed by atoms with van der Waals surface area (Å²) in [6, 6.07) is 14.5. The zero-order chi connectivity index (χ0) is 19.0. The number of nitrogens with one attached hydrogen (secondary N) is 1. The van der Waals surface area contributed by atoms with Crippen LogP contribution in [-0.4, -0.2) is 33.7 Å². The first-order chi connectivity index (χ1) is 12.4. The predicted octanol–water partition coefficient (Wildman–Crippen LogP) is 2.92. The van der Waals surface area contributed by atoms with Gasteiger partial charge in [0.05, 0.1) is 17.8 Å². The van der Waals surface area contributed by atoms with Crippen molar-refractivity contribution in [2.75, 3.05) is 19.4 Å². The normalized spacial score (nSPS) is 11.2. The highest BCUT2D eigenvalue weighted by molar-refractivity contribution is 7.91. The Kier molecular flexibility index (Phi) is 7.21. The molecule has 0 aliphatic heterocycles. The van der Waals surface area contributed by atoms with Crippen molar-refractivity contribution in [3.8, 4) is 5.75 Å². The highest BCUT2D eigenvalue weighted by atomic mass is 32.2. The summed E-state index contributed by atoms with van der Waals surface area (Å²) in [5.41, 5.74) is 2.17. The SMILES string of the molecule is COc1ccc(CCCNC(=O)CCS(=O)(=O)c2ccc(C)cc2)cc1. The van der Waals surface area contributed by atoms with Crippen molar-refractivity contribution < 1.29 is 17.9 Å². The van der Waals surface area contributed by atoms with Gasteiger partial charge < -0.3 is 10.1 Å². The van der Waals surface area contributed by atoms with Gasteiger partial charge in [0.2, 0.25) is 5.91 Å². The van der Waals surface area contributed by atoms with E-state index in [1.54, 1.807) is 31.4 Å². The first-order valence-electron chi connectivity index (χ1n) is 8.60. The molecule has 2 aromatic rings. The Morgan fingerprint density at radius 1 is 1.04 bits per heavy atom. The third-order valence-electron chi connectivity index (χ3n) is 4.10. The van der Waals surface area contributed by atoms with Crippen LogP contribution in [-0.2, 0) is 21.1 Å². The third-order valence-corrected chi connectivity index (χ3v) is 5.83. The number of carbonyl (C=O) groups excluding carboxylic acids is 1. The molecule has 26 heavy (non-hydrogen) atoms. The maximum atomic E-state index is 12.2. The second-order valence-corrected chi connectivity index (χ2v) is 8.29. The van der Waals surface area contributed by atoms with Gasteiger partial charge in [0, 0.05) is 13.0 Å². The van der Waals surface area contributed by atoms with Gasteiger partial charge in [0.25, 0.3) is 0 Å². The van der Waals surface area contributed by atoms with Crippen LogP contribution in [0.25, 0.3) is 0 Å². The summed E-state index contributed by atoms with van der Waals surface area (Å²) < 4.78 is 29.6. The van der Waals surface area contributed by atoms with E-state index in [1.807, 2.05) is 31.2 Å². The zero-order valence-electron chi connectivity index (χ0n) is 15.2. The van der Waals surface area contributed by atoms with Gasteiger partial charge in [-0.1, -0.05) is 29.8 Å². The lowest BCUT2D eigenvalue weighted by atomic mass is 10.1. The van der Waals surface area contributed by atoms with E-state index < -0.39 is 9.84 Å². The lowest BCUT2D eigenvalue weighted by Gasteiger charge is -2.07. The topological polar surface area (TPSA) is 72.5 Å². The van der Waals surface area contributed by atoms with Crippen LogP contribution in [0.5, 0.6) is 5.75 Å². The summed E-state index contributed by atoms with van der Waals surface area (Å²) in [6.07, 6.45) is 1.60. The number of hydrogen-bond donors (Lipinski definition) is 1. The van der Waals surface area contributed by atoms with Crippen molar-refractivity contribution in [1.29, 1.82) is 0 Å². The first kappa shape index (κ1) is 20.0. The molecule has 5 nitrogen and oxygen atoms in total. The monoisotopic (exact) mass is 375 g/mol. The van der Waals surface area contributed by atoms with Crippen LogP contribution >= 0.6 is 0 Å². The number of carbonyl (C=O) groups is 1. The number of methoxy groups -OCH3 is 1. The molecule has 0 bridgehead atoms. The molecule has 0 aliphatic carbocycles. The molecule has 1 N–H and O–H groups in total. The van der Waals surface area contributed by atoms with Crippen molar-refractivity contribution in [3.63, 3.8) is 0 Å². The van der Waals surface area contributed by atoms with Gasteiger partial charge in [-0.15, -0.1) is 0 Å². The van der Waals surface area contributed by atoms with Crippen molar-refractivity contribution in [2.45, 2.75) is 31.1 Å². The maximum Gasteiger partial charge on any atom is 0.221 e. The Labute approximate surface area is 155 Å². The van der Waals surface area contributed by atoms with Gasteiger partial charge in [-0.05, 0) is 49.6 Å². The van der Waals surface area contributed by atoms with E-state index >= 15 is 0 Å². The van der Waals surface area contributed by atoms with Crippen LogP contribution in [0.4, 0.5) is 0 Å². The number of sulfone groups is 1. The lowest BCUT2D eigenvalue weighted by molar-refractivity contribution is -0.120. The fraction of sp³-hybridized carbons (Fsp3) is 0.350. The summed E-state index contributed by atoms with van der Waals surface area (Å²) in [5.74, 6) is 0.396. The average molecular weight is 375 g/mol. The predicted molar refractivity (Wildman–Crippen MR) is 102 cm³/mol. The minimum Gasteiger partial charge on any atom is -0.497 e. The van der Waals surface area contributed by atoms with Gasteiger partial charge in [0.15, 0.2) is 9.84 Å². The number of ether oxygens (including phenoxy) is 1. The van der Waals surface area contributed by atoms with E-state index in [9.17, 15) is 13.2 Å². The maximum absolute atomic E-state index is 12.2. The van der Waals surface area contributed by atoms with Crippen LogP contribution in [0, 0.1) is 6.92 Å². The molecule has 6 heteroatoms. The van der Waals surface area contributed by atoms with Crippen LogP contribution in [0.15, 0.2) is 53.4 Å². The number of benzene rings is 2. The average Bonchev–Trinajstić information content (AvgIpc) is 2.64. The van der Waals surface area contributed by atoms with E-state index in [2.05, 4.69) is 5.32 Å². The van der Waals surface area contributed by atoms with Gasteiger partial charge in [0.1, 0.15) is 5.75 Å². The largest absolute Gasteiger partial charge is 0.497 e. The van der Waals surface area contributed by atoms with Crippen molar-refractivity contribution >= 4 is 15.7 Å². The molecule has 0 aliphatic rings. The Morgan fingerprint density at radius 2 is 1.69 bits per heavy atom. The molecule has 0 unspecified atom stereocenters. The Balaban J connectivity index is 1.70. The molecule has 0 saturated heterocycles. The molecule has 0 atom stereocenters. The number of rotatable bonds is 9. The number of amides is 1. The molecule has 1 amide bonds. The van der Waals surface area contributed by atoms with Crippen LogP contribution < -0.4 is 10.1 Å². The molecule has 2 aromatic carbocycles. The number of aryl methyl sites for hydroxylation is 2. The molecule has 2 rings (SSSR count). The van der Waals surface area contributed by atoms with Crippen LogP contribution in [0.1, 0.15) is 24.0 Å². The minimum absolute atomic E-state index is 0.0290. The van der Waals surface area contributed by atoms with E-state index in [1.165, 1.54) is 5.56 Å². The highest BCUT2D eigenvalue weighted by Gasteiger charge is 2.16. The summed E-state index contributed by atoms with van der Waals surface area (Å²) in [6.45, 7) is 2.42. The quantitative estimate of drug-likeness (QED) is 0.684. The van der Waals surface area contributed by atoms with Gasteiger partial charge >= 0.3 is 0 Å². The Hall–Kier alpha value is -2.34. The molecule has 0 aromatic heterocycles. The molecule has 0 saturated carbocycles. The minimum atomic E-state index is -3.43. The molecule has 140 valence electrons. The fourth-order valence-electron chi connectivity index (χ4n) is 2.49. The summed E-state index contributed by atoms with van der Waals surface area (Å²) >= 11 is 0. The van der Waals surface area contributed by atoms with Gasteiger partial charge in [-0.25, -0.2) is 8.42 Å². The Bertz CT molecular complexity index is 812. The van der Waals surface area contributed by atoms with Gasteiger partial charge in [-0.3, -0.25) is 4.79 Å². The molecule has 0 heterocycles. The summed E-state index contributed by atoms with van der Waals surface area (Å²) in [4.78, 5) is 12.1. The fourth-order valence-corrected chi connectivity index (χ4v) is 3.73.